The first-order valence-electron chi connectivity index (χ1n) is 10.1. The summed E-state index contributed by atoms with van der Waals surface area (Å²) in [6, 6.07) is 14.4. The van der Waals surface area contributed by atoms with Gasteiger partial charge in [-0.3, -0.25) is 19.4 Å². The molecule has 0 bridgehead atoms. The van der Waals surface area contributed by atoms with Gasteiger partial charge < -0.3 is 4.52 Å². The van der Waals surface area contributed by atoms with E-state index < -0.39 is 18.6 Å². The van der Waals surface area contributed by atoms with E-state index in [-0.39, 0.29) is 29.8 Å². The van der Waals surface area contributed by atoms with Gasteiger partial charge in [0.2, 0.25) is 0 Å². The van der Waals surface area contributed by atoms with Gasteiger partial charge in [0.1, 0.15) is 5.75 Å². The van der Waals surface area contributed by atoms with Gasteiger partial charge in [-0.1, -0.05) is 55.1 Å². The van der Waals surface area contributed by atoms with Crippen LogP contribution in [0.25, 0.3) is 0 Å². The molecule has 0 N–H and O–H groups in total. The third-order valence-electron chi connectivity index (χ3n) is 5.06. The zero-order chi connectivity index (χ0) is 23.1. The number of carbonyl (C=O) groups excluding carboxylic acids is 1. The number of nitro benzene ring substituents is 1. The van der Waals surface area contributed by atoms with Crippen molar-refractivity contribution in [2.24, 2.45) is 0 Å². The summed E-state index contributed by atoms with van der Waals surface area (Å²) in [5, 5.41) is 10.9. The van der Waals surface area contributed by atoms with Gasteiger partial charge in [-0.05, 0) is 36.6 Å². The molecule has 32 heavy (non-hydrogen) atoms. The van der Waals surface area contributed by atoms with Crippen LogP contribution in [0.15, 0.2) is 90.6 Å². The van der Waals surface area contributed by atoms with Crippen LogP contribution in [-0.4, -0.2) is 16.8 Å². The first kappa shape index (κ1) is 23.4. The van der Waals surface area contributed by atoms with Gasteiger partial charge in [0, 0.05) is 24.1 Å². The second-order valence-corrected chi connectivity index (χ2v) is 9.28. The van der Waals surface area contributed by atoms with E-state index in [9.17, 15) is 19.5 Å². The van der Waals surface area contributed by atoms with Crippen molar-refractivity contribution in [3.63, 3.8) is 0 Å². The molecule has 0 saturated carbocycles. The van der Waals surface area contributed by atoms with Crippen LogP contribution in [-0.2, 0) is 20.0 Å². The second-order valence-electron chi connectivity index (χ2n) is 7.35. The third kappa shape index (κ3) is 5.90. The molecule has 0 radical (unpaired) electrons. The molecule has 8 heteroatoms. The molecule has 0 amide bonds. The minimum atomic E-state index is -3.76. The number of carbonyl (C=O) groups is 1. The van der Waals surface area contributed by atoms with Crippen LogP contribution < -0.4 is 4.52 Å². The first-order chi connectivity index (χ1) is 15.3. The molecule has 0 heterocycles. The lowest BCUT2D eigenvalue weighted by atomic mass is 10.1. The molecular weight excluding hydrogens is 429 g/mol. The number of allylic oxidation sites excluding steroid dienone is 4. The number of ketones is 1. The summed E-state index contributed by atoms with van der Waals surface area (Å²) in [6.07, 6.45) is 5.10. The van der Waals surface area contributed by atoms with Crippen molar-refractivity contribution in [1.29, 1.82) is 0 Å². The summed E-state index contributed by atoms with van der Waals surface area (Å²) in [7, 11) is -3.76. The van der Waals surface area contributed by atoms with Crippen LogP contribution in [0.1, 0.15) is 25.3 Å². The number of hydrogen-bond acceptors (Lipinski definition) is 6. The van der Waals surface area contributed by atoms with Gasteiger partial charge in [0.15, 0.2) is 5.78 Å². The Labute approximate surface area is 186 Å². The van der Waals surface area contributed by atoms with Crippen molar-refractivity contribution < 1.29 is 23.3 Å². The normalized spacial score (nSPS) is 18.0. The highest BCUT2D eigenvalue weighted by Gasteiger charge is 2.37. The maximum absolute atomic E-state index is 13.8. The number of benzene rings is 2. The molecule has 0 aromatic heterocycles. The molecule has 0 unspecified atom stereocenters. The van der Waals surface area contributed by atoms with E-state index in [4.69, 9.17) is 9.05 Å². The predicted molar refractivity (Wildman–Crippen MR) is 123 cm³/mol. The largest absolute Gasteiger partial charge is 0.424 e. The quantitative estimate of drug-likeness (QED) is 0.185. The molecule has 2 aromatic rings. The lowest BCUT2D eigenvalue weighted by Crippen LogP contribution is -2.14. The number of hydrogen-bond donors (Lipinski definition) is 0. The Morgan fingerprint density at radius 3 is 2.50 bits per heavy atom. The molecule has 0 aliphatic heterocycles. The number of nitro groups is 1. The zero-order valence-corrected chi connectivity index (χ0v) is 18.6. The van der Waals surface area contributed by atoms with Crippen molar-refractivity contribution in [3.05, 3.63) is 106 Å². The van der Waals surface area contributed by atoms with Crippen LogP contribution in [0, 0.1) is 10.1 Å². The Morgan fingerprint density at radius 2 is 1.88 bits per heavy atom. The summed E-state index contributed by atoms with van der Waals surface area (Å²) in [4.78, 5) is 22.9. The molecule has 0 fully saturated rings. The van der Waals surface area contributed by atoms with Gasteiger partial charge in [0.05, 0.1) is 17.2 Å². The van der Waals surface area contributed by atoms with E-state index in [0.29, 0.717) is 12.0 Å². The van der Waals surface area contributed by atoms with E-state index in [0.717, 1.165) is 11.1 Å². The van der Waals surface area contributed by atoms with Crippen LogP contribution in [0.3, 0.4) is 0 Å². The third-order valence-corrected chi connectivity index (χ3v) is 6.88. The van der Waals surface area contributed by atoms with Crippen molar-refractivity contribution in [3.8, 4) is 5.75 Å². The van der Waals surface area contributed by atoms with Crippen LogP contribution in [0.4, 0.5) is 5.69 Å². The topological polar surface area (TPSA) is 95.7 Å². The first-order valence-corrected chi connectivity index (χ1v) is 11.8. The Bertz CT molecular complexity index is 1110. The molecule has 2 aromatic carbocycles. The summed E-state index contributed by atoms with van der Waals surface area (Å²) in [5.74, 6) is 0.137. The fourth-order valence-corrected chi connectivity index (χ4v) is 5.32. The van der Waals surface area contributed by atoms with E-state index in [1.165, 1.54) is 24.3 Å². The summed E-state index contributed by atoms with van der Waals surface area (Å²) in [6.45, 7) is 5.41. The lowest BCUT2D eigenvalue weighted by molar-refractivity contribution is -0.384. The van der Waals surface area contributed by atoms with E-state index >= 15 is 0 Å². The Morgan fingerprint density at radius 1 is 1.19 bits per heavy atom. The highest BCUT2D eigenvalue weighted by atomic mass is 31.2. The van der Waals surface area contributed by atoms with Crippen LogP contribution in [0.2, 0.25) is 0 Å². The molecule has 2 atom stereocenters. The summed E-state index contributed by atoms with van der Waals surface area (Å²) < 4.78 is 25.6. The average Bonchev–Trinajstić information content (AvgIpc) is 3.01. The van der Waals surface area contributed by atoms with Crippen molar-refractivity contribution in [1.82, 2.24) is 0 Å². The summed E-state index contributed by atoms with van der Waals surface area (Å²) >= 11 is 0. The monoisotopic (exact) mass is 453 g/mol. The molecule has 1 aliphatic carbocycles. The molecule has 0 spiro atoms. The van der Waals surface area contributed by atoms with Crippen molar-refractivity contribution in [2.45, 2.75) is 32.0 Å². The van der Waals surface area contributed by atoms with Crippen LogP contribution >= 0.6 is 7.60 Å². The molecular formula is C24H24NO6P. The molecule has 0 saturated heterocycles. The second kappa shape index (κ2) is 10.4. The predicted octanol–water partition coefficient (Wildman–Crippen LogP) is 6.17. The fourth-order valence-electron chi connectivity index (χ4n) is 3.41. The SMILES string of the molecule is C=C/C=C/CC1=C(C)[C@@H](O[P@](=O)(Cc2ccccc2)Oc2ccc([N+](=O)[O-])cc2)CC1=O. The van der Waals surface area contributed by atoms with Crippen molar-refractivity contribution >= 4 is 19.1 Å². The molecule has 166 valence electrons. The Balaban J connectivity index is 1.86. The van der Waals surface area contributed by atoms with Gasteiger partial charge in [0.25, 0.3) is 5.69 Å². The number of Topliss-reactive ketones (excluding diaryl/α,β-unsaturated/α-hetero) is 1. The minimum Gasteiger partial charge on any atom is -0.424 e. The maximum Gasteiger partial charge on any atom is 0.384 e. The number of rotatable bonds is 10. The van der Waals surface area contributed by atoms with Gasteiger partial charge in [-0.25, -0.2) is 4.57 Å². The van der Waals surface area contributed by atoms with E-state index in [1.807, 2.05) is 36.4 Å². The van der Waals surface area contributed by atoms with Gasteiger partial charge in [-0.2, -0.15) is 0 Å². The number of non-ortho nitro benzene ring substituents is 1. The number of nitrogens with zero attached hydrogens (tertiary/aromatic N) is 1. The maximum atomic E-state index is 13.8. The molecule has 1 aliphatic rings. The molecule has 3 rings (SSSR count). The van der Waals surface area contributed by atoms with Gasteiger partial charge >= 0.3 is 7.60 Å². The highest BCUT2D eigenvalue weighted by Crippen LogP contribution is 2.54. The van der Waals surface area contributed by atoms with E-state index in [1.54, 1.807) is 19.1 Å². The lowest BCUT2D eigenvalue weighted by Gasteiger charge is -2.23. The molecule has 7 nitrogen and oxygen atoms in total. The average molecular weight is 453 g/mol. The summed E-state index contributed by atoms with van der Waals surface area (Å²) in [5.41, 5.74) is 2.00. The zero-order valence-electron chi connectivity index (χ0n) is 17.7. The highest BCUT2D eigenvalue weighted by molar-refractivity contribution is 7.53. The Kier molecular flexibility index (Phi) is 7.57. The minimum absolute atomic E-state index is 0.00546. The van der Waals surface area contributed by atoms with E-state index in [2.05, 4.69) is 6.58 Å². The smallest absolute Gasteiger partial charge is 0.384 e. The van der Waals surface area contributed by atoms with Crippen molar-refractivity contribution in [2.75, 3.05) is 0 Å². The Hall–Kier alpha value is -3.28. The van der Waals surface area contributed by atoms with Gasteiger partial charge in [-0.15, -0.1) is 0 Å². The van der Waals surface area contributed by atoms with Crippen LogP contribution in [0.5, 0.6) is 5.75 Å². The fraction of sp³-hybridized carbons (Fsp3) is 0.208. The standard InChI is InChI=1S/C24H24NO6P/c1-3-4-6-11-22-18(2)24(16-23(22)26)31-32(29,17-19-9-7-5-8-10-19)30-21-14-12-20(13-15-21)25(27)28/h3-10,12-15,24H,1,11,16-17H2,2H3/b6-4+/t24-,32-/m0/s1.